The molecule has 84 valence electrons. The molecular weight excluding hydrogens is 202 g/mol. The maximum absolute atomic E-state index is 11.3. The van der Waals surface area contributed by atoms with Crippen LogP contribution in [0.2, 0.25) is 0 Å². The average Bonchev–Trinajstić information content (AvgIpc) is 1.96. The summed E-state index contributed by atoms with van der Waals surface area (Å²) in [5, 5.41) is 9.43. The van der Waals surface area contributed by atoms with Gasteiger partial charge >= 0.3 is 0 Å². The summed E-state index contributed by atoms with van der Waals surface area (Å²) in [6.45, 7) is 5.37. The highest BCUT2D eigenvalue weighted by Gasteiger charge is 2.36. The molecule has 0 aliphatic carbocycles. The van der Waals surface area contributed by atoms with Gasteiger partial charge in [-0.05, 0) is 13.3 Å². The van der Waals surface area contributed by atoms with E-state index in [1.807, 2.05) is 11.8 Å². The van der Waals surface area contributed by atoms with Gasteiger partial charge in [0.2, 0.25) is 0 Å². The van der Waals surface area contributed by atoms with E-state index in [0.29, 0.717) is 26.1 Å². The summed E-state index contributed by atoms with van der Waals surface area (Å²) < 4.78 is 22.7. The van der Waals surface area contributed by atoms with Crippen LogP contribution in [0, 0.1) is 0 Å². The number of β-amino-alcohol motifs (C(OH)–C–C–N with tert-alkyl or cyclic N) is 1. The molecule has 14 heavy (non-hydrogen) atoms. The number of rotatable bonds is 5. The first-order valence-corrected chi connectivity index (χ1v) is 6.82. The second-order valence-electron chi connectivity index (χ2n) is 4.36. The van der Waals surface area contributed by atoms with Gasteiger partial charge in [0, 0.05) is 25.4 Å². The molecule has 5 heteroatoms. The topological polar surface area (TPSA) is 57.6 Å². The van der Waals surface area contributed by atoms with E-state index in [9.17, 15) is 13.5 Å². The van der Waals surface area contributed by atoms with Gasteiger partial charge in [-0.1, -0.05) is 6.92 Å². The summed E-state index contributed by atoms with van der Waals surface area (Å²) in [4.78, 5) is 1.97. The van der Waals surface area contributed by atoms with Gasteiger partial charge in [0.1, 0.15) is 0 Å². The van der Waals surface area contributed by atoms with Crippen LogP contribution < -0.4 is 0 Å². The van der Waals surface area contributed by atoms with Crippen LogP contribution in [0.3, 0.4) is 0 Å². The summed E-state index contributed by atoms with van der Waals surface area (Å²) in [6.07, 6.45) is 0.681. The molecule has 0 saturated carbocycles. The minimum Gasteiger partial charge on any atom is -0.388 e. The highest BCUT2D eigenvalue weighted by molar-refractivity contribution is 7.91. The van der Waals surface area contributed by atoms with Gasteiger partial charge in [-0.15, -0.1) is 0 Å². The quantitative estimate of drug-likeness (QED) is 0.703. The van der Waals surface area contributed by atoms with Gasteiger partial charge in [0.05, 0.1) is 11.4 Å². The zero-order chi connectivity index (χ0) is 10.8. The van der Waals surface area contributed by atoms with Gasteiger partial charge in [-0.25, -0.2) is 8.42 Å². The van der Waals surface area contributed by atoms with Crippen molar-refractivity contribution in [3.8, 4) is 0 Å². The minimum absolute atomic E-state index is 0.219. The van der Waals surface area contributed by atoms with Crippen molar-refractivity contribution >= 4 is 9.84 Å². The predicted octanol–water partition coefficient (Wildman–Crippen LogP) is -0.122. The third-order valence-electron chi connectivity index (χ3n) is 2.36. The average molecular weight is 221 g/mol. The van der Waals surface area contributed by atoms with Crippen molar-refractivity contribution in [2.45, 2.75) is 25.9 Å². The number of likely N-dealkylation sites (tertiary alicyclic amines) is 1. The highest BCUT2D eigenvalue weighted by atomic mass is 32.2. The standard InChI is InChI=1S/C9H19NO3S/c1-3-5-14(12,13)6-4-10-7-9(2,11)8-10/h11H,3-8H2,1-2H3. The molecule has 1 aliphatic heterocycles. The van der Waals surface area contributed by atoms with E-state index in [1.54, 1.807) is 6.92 Å². The molecule has 0 atom stereocenters. The molecule has 0 amide bonds. The second kappa shape index (κ2) is 4.16. The first kappa shape index (κ1) is 11.9. The van der Waals surface area contributed by atoms with E-state index >= 15 is 0 Å². The van der Waals surface area contributed by atoms with Gasteiger partial charge < -0.3 is 5.11 Å². The second-order valence-corrected chi connectivity index (χ2v) is 6.66. The predicted molar refractivity (Wildman–Crippen MR) is 56.0 cm³/mol. The molecule has 0 spiro atoms. The largest absolute Gasteiger partial charge is 0.388 e. The highest BCUT2D eigenvalue weighted by Crippen LogP contribution is 2.19. The van der Waals surface area contributed by atoms with E-state index in [0.717, 1.165) is 0 Å². The lowest BCUT2D eigenvalue weighted by Crippen LogP contribution is -2.60. The molecule has 0 aromatic rings. The van der Waals surface area contributed by atoms with E-state index in [4.69, 9.17) is 0 Å². The van der Waals surface area contributed by atoms with Crippen LogP contribution in [-0.4, -0.2) is 55.2 Å². The fourth-order valence-electron chi connectivity index (χ4n) is 1.76. The van der Waals surface area contributed by atoms with Crippen molar-refractivity contribution in [1.29, 1.82) is 0 Å². The van der Waals surface area contributed by atoms with E-state index in [1.165, 1.54) is 0 Å². The van der Waals surface area contributed by atoms with Crippen LogP contribution in [0.4, 0.5) is 0 Å². The molecule has 0 radical (unpaired) electrons. The molecule has 1 N–H and O–H groups in total. The maximum atomic E-state index is 11.3. The molecule has 0 aromatic heterocycles. The van der Waals surface area contributed by atoms with Crippen molar-refractivity contribution in [3.05, 3.63) is 0 Å². The minimum atomic E-state index is -2.86. The lowest BCUT2D eigenvalue weighted by molar-refractivity contribution is -0.0802. The van der Waals surface area contributed by atoms with Crippen molar-refractivity contribution < 1.29 is 13.5 Å². The van der Waals surface area contributed by atoms with Crippen LogP contribution in [-0.2, 0) is 9.84 Å². The number of hydrogen-bond acceptors (Lipinski definition) is 4. The van der Waals surface area contributed by atoms with Gasteiger partial charge in [-0.2, -0.15) is 0 Å². The number of aliphatic hydroxyl groups is 1. The third kappa shape index (κ3) is 3.55. The number of hydrogen-bond donors (Lipinski definition) is 1. The Labute approximate surface area is 85.8 Å². The maximum Gasteiger partial charge on any atom is 0.151 e. The van der Waals surface area contributed by atoms with Crippen LogP contribution in [0.15, 0.2) is 0 Å². The Kier molecular flexibility index (Phi) is 3.55. The first-order valence-electron chi connectivity index (χ1n) is 5.00. The molecule has 0 unspecified atom stereocenters. The molecule has 0 aromatic carbocycles. The Morgan fingerprint density at radius 3 is 2.36 bits per heavy atom. The Bertz CT molecular complexity index is 276. The summed E-state index contributed by atoms with van der Waals surface area (Å²) in [7, 11) is -2.86. The first-order chi connectivity index (χ1) is 6.35. The molecule has 1 saturated heterocycles. The molecule has 0 bridgehead atoms. The number of sulfone groups is 1. The van der Waals surface area contributed by atoms with E-state index in [2.05, 4.69) is 0 Å². The zero-order valence-electron chi connectivity index (χ0n) is 8.86. The van der Waals surface area contributed by atoms with Crippen molar-refractivity contribution in [3.63, 3.8) is 0 Å². The number of nitrogens with zero attached hydrogens (tertiary/aromatic N) is 1. The van der Waals surface area contributed by atoms with Crippen LogP contribution in [0.25, 0.3) is 0 Å². The lowest BCUT2D eigenvalue weighted by Gasteiger charge is -2.44. The van der Waals surface area contributed by atoms with Gasteiger partial charge in [0.15, 0.2) is 9.84 Å². The van der Waals surface area contributed by atoms with Crippen LogP contribution in [0.1, 0.15) is 20.3 Å². The molecule has 1 heterocycles. The van der Waals surface area contributed by atoms with Crippen molar-refractivity contribution in [2.24, 2.45) is 0 Å². The van der Waals surface area contributed by atoms with Gasteiger partial charge in [-0.3, -0.25) is 4.90 Å². The molecule has 1 rings (SSSR count). The molecule has 1 aliphatic rings. The van der Waals surface area contributed by atoms with Gasteiger partial charge in [0.25, 0.3) is 0 Å². The molecular formula is C9H19NO3S. The normalized spacial score (nSPS) is 21.9. The molecule has 4 nitrogen and oxygen atoms in total. The Morgan fingerprint density at radius 2 is 1.93 bits per heavy atom. The fourth-order valence-corrected chi connectivity index (χ4v) is 3.12. The SMILES string of the molecule is CCCS(=O)(=O)CCN1CC(C)(O)C1. The van der Waals surface area contributed by atoms with E-state index < -0.39 is 15.4 Å². The Balaban J connectivity index is 2.23. The Morgan fingerprint density at radius 1 is 1.36 bits per heavy atom. The summed E-state index contributed by atoms with van der Waals surface area (Å²) in [5.41, 5.74) is -0.603. The third-order valence-corrected chi connectivity index (χ3v) is 4.20. The fraction of sp³-hybridized carbons (Fsp3) is 1.00. The smallest absolute Gasteiger partial charge is 0.151 e. The van der Waals surface area contributed by atoms with Crippen molar-refractivity contribution in [1.82, 2.24) is 4.90 Å². The summed E-state index contributed by atoms with van der Waals surface area (Å²) in [6, 6.07) is 0. The van der Waals surface area contributed by atoms with Crippen LogP contribution in [0.5, 0.6) is 0 Å². The summed E-state index contributed by atoms with van der Waals surface area (Å²) in [5.74, 6) is 0.494. The zero-order valence-corrected chi connectivity index (χ0v) is 9.68. The van der Waals surface area contributed by atoms with Crippen LogP contribution >= 0.6 is 0 Å². The lowest BCUT2D eigenvalue weighted by atomic mass is 9.97. The summed E-state index contributed by atoms with van der Waals surface area (Å²) >= 11 is 0. The van der Waals surface area contributed by atoms with E-state index in [-0.39, 0.29) is 11.5 Å². The molecule has 1 fully saturated rings. The van der Waals surface area contributed by atoms with Crippen molar-refractivity contribution in [2.75, 3.05) is 31.1 Å². The monoisotopic (exact) mass is 221 g/mol. The Hall–Kier alpha value is -0.130.